The number of carbonyl (C=O) groups is 1. The van der Waals surface area contributed by atoms with Crippen LogP contribution in [0, 0.1) is 6.92 Å². The van der Waals surface area contributed by atoms with Gasteiger partial charge in [-0.05, 0) is 61.5 Å². The maximum absolute atomic E-state index is 13.0. The zero-order valence-corrected chi connectivity index (χ0v) is 21.0. The average molecular weight is 482 g/mol. The zero-order valence-electron chi connectivity index (χ0n) is 19.4. The van der Waals surface area contributed by atoms with Crippen LogP contribution in [-0.4, -0.2) is 38.0 Å². The van der Waals surface area contributed by atoms with E-state index in [9.17, 15) is 13.2 Å². The van der Waals surface area contributed by atoms with Crippen LogP contribution >= 0.6 is 11.8 Å². The Balaban J connectivity index is 1.68. The highest BCUT2D eigenvalue weighted by molar-refractivity contribution is 8.19. The molecule has 1 saturated heterocycles. The highest BCUT2D eigenvalue weighted by Gasteiger charge is 2.38. The van der Waals surface area contributed by atoms with Crippen LogP contribution in [0.25, 0.3) is 0 Å². The molecule has 0 aromatic heterocycles. The van der Waals surface area contributed by atoms with Crippen molar-refractivity contribution in [2.24, 2.45) is 4.40 Å². The Morgan fingerprint density at radius 2 is 1.73 bits per heavy atom. The molecule has 33 heavy (non-hydrogen) atoms. The van der Waals surface area contributed by atoms with Crippen LogP contribution in [0.15, 0.2) is 80.6 Å². The molecule has 0 N–H and O–H groups in total. The fraction of sp³-hybridized carbons (Fsp3) is 0.280. The van der Waals surface area contributed by atoms with Crippen molar-refractivity contribution in [1.82, 2.24) is 4.90 Å². The quantitative estimate of drug-likeness (QED) is 0.585. The lowest BCUT2D eigenvalue weighted by Crippen LogP contribution is -2.29. The summed E-state index contributed by atoms with van der Waals surface area (Å²) in [5.74, 6) is -0.242. The SMILES string of the molecule is CCN1C(=O)C(=CC=C2N(C)c3ccccc3C2(C)C)SC1=NS(=O)(=O)c1ccc(C)cc1. The van der Waals surface area contributed by atoms with E-state index in [0.29, 0.717) is 11.4 Å². The van der Waals surface area contributed by atoms with E-state index in [0.717, 1.165) is 28.7 Å². The number of para-hydroxylation sites is 1. The molecule has 0 saturated carbocycles. The van der Waals surface area contributed by atoms with Crippen LogP contribution in [-0.2, 0) is 20.2 Å². The van der Waals surface area contributed by atoms with Gasteiger partial charge in [-0.3, -0.25) is 9.69 Å². The molecule has 2 aromatic rings. The van der Waals surface area contributed by atoms with Crippen molar-refractivity contribution in [3.05, 3.63) is 82.4 Å². The van der Waals surface area contributed by atoms with Gasteiger partial charge in [0.05, 0.1) is 9.80 Å². The minimum atomic E-state index is -3.92. The lowest BCUT2D eigenvalue weighted by atomic mass is 9.84. The van der Waals surface area contributed by atoms with Gasteiger partial charge in [-0.25, -0.2) is 0 Å². The number of aryl methyl sites for hydroxylation is 1. The predicted octanol–water partition coefficient (Wildman–Crippen LogP) is 4.83. The molecule has 2 aliphatic rings. The van der Waals surface area contributed by atoms with Crippen molar-refractivity contribution in [3.8, 4) is 0 Å². The molecule has 0 aliphatic carbocycles. The first-order chi connectivity index (χ1) is 15.6. The van der Waals surface area contributed by atoms with E-state index in [2.05, 4.69) is 35.3 Å². The number of hydrogen-bond donors (Lipinski definition) is 0. The lowest BCUT2D eigenvalue weighted by Gasteiger charge is -2.23. The summed E-state index contributed by atoms with van der Waals surface area (Å²) in [5, 5.41) is 0.176. The number of fused-ring (bicyclic) bond motifs is 1. The Bertz CT molecular complexity index is 1310. The van der Waals surface area contributed by atoms with E-state index in [-0.39, 0.29) is 21.4 Å². The van der Waals surface area contributed by atoms with Gasteiger partial charge >= 0.3 is 0 Å². The number of rotatable bonds is 4. The molecule has 1 amide bonds. The maximum Gasteiger partial charge on any atom is 0.284 e. The third kappa shape index (κ3) is 4.13. The molecular formula is C25H27N3O3S2. The topological polar surface area (TPSA) is 70.1 Å². The van der Waals surface area contributed by atoms with Crippen LogP contribution in [0.1, 0.15) is 31.9 Å². The summed E-state index contributed by atoms with van der Waals surface area (Å²) < 4.78 is 29.6. The number of carbonyl (C=O) groups excluding carboxylic acids is 1. The van der Waals surface area contributed by atoms with E-state index >= 15 is 0 Å². The van der Waals surface area contributed by atoms with Crippen molar-refractivity contribution in [3.63, 3.8) is 0 Å². The second-order valence-corrected chi connectivity index (χ2v) is 11.2. The Morgan fingerprint density at radius 3 is 2.36 bits per heavy atom. The summed E-state index contributed by atoms with van der Waals surface area (Å²) in [6.45, 7) is 8.34. The van der Waals surface area contributed by atoms with Crippen molar-refractivity contribution >= 4 is 38.5 Å². The number of allylic oxidation sites excluding steroid dienone is 3. The van der Waals surface area contributed by atoms with Gasteiger partial charge in [0.25, 0.3) is 15.9 Å². The van der Waals surface area contributed by atoms with E-state index in [1.54, 1.807) is 25.1 Å². The van der Waals surface area contributed by atoms with Crippen LogP contribution in [0.5, 0.6) is 0 Å². The van der Waals surface area contributed by atoms with Crippen LogP contribution in [0.4, 0.5) is 5.69 Å². The minimum Gasteiger partial charge on any atom is -0.347 e. The Morgan fingerprint density at radius 1 is 1.06 bits per heavy atom. The van der Waals surface area contributed by atoms with Crippen LogP contribution < -0.4 is 4.90 Å². The van der Waals surface area contributed by atoms with Gasteiger partial charge in [0.15, 0.2) is 5.17 Å². The summed E-state index contributed by atoms with van der Waals surface area (Å²) in [6.07, 6.45) is 3.72. The molecule has 4 rings (SSSR count). The lowest BCUT2D eigenvalue weighted by molar-refractivity contribution is -0.122. The third-order valence-corrected chi connectivity index (χ3v) is 8.48. The summed E-state index contributed by atoms with van der Waals surface area (Å²) in [5.41, 5.74) is 4.17. The molecular weight excluding hydrogens is 454 g/mol. The molecule has 1 fully saturated rings. The number of thioether (sulfide) groups is 1. The van der Waals surface area contributed by atoms with Crippen molar-refractivity contribution in [1.29, 1.82) is 0 Å². The first-order valence-corrected chi connectivity index (χ1v) is 13.0. The van der Waals surface area contributed by atoms with Crippen molar-refractivity contribution in [2.75, 3.05) is 18.5 Å². The van der Waals surface area contributed by atoms with Gasteiger partial charge in [-0.15, -0.1) is 4.40 Å². The Kier molecular flexibility index (Phi) is 6.01. The first kappa shape index (κ1) is 23.3. The summed E-state index contributed by atoms with van der Waals surface area (Å²) >= 11 is 1.09. The van der Waals surface area contributed by atoms with E-state index in [1.165, 1.54) is 22.6 Å². The number of anilines is 1. The fourth-order valence-electron chi connectivity index (χ4n) is 4.19. The number of benzene rings is 2. The van der Waals surface area contributed by atoms with E-state index in [4.69, 9.17) is 0 Å². The standard InChI is InChI=1S/C25H27N3O3S2/c1-6-28-23(29)21(32-24(28)26-33(30,31)18-13-11-17(2)12-14-18)15-16-22-25(3,4)19-9-7-8-10-20(19)27(22)5/h7-16H,6H2,1-5H3. The Hall–Kier alpha value is -2.84. The number of nitrogens with zero attached hydrogens (tertiary/aromatic N) is 3. The van der Waals surface area contributed by atoms with Crippen molar-refractivity contribution < 1.29 is 13.2 Å². The Labute approximate surface area is 199 Å². The highest BCUT2D eigenvalue weighted by atomic mass is 32.2. The number of amides is 1. The summed E-state index contributed by atoms with van der Waals surface area (Å²) in [6, 6.07) is 14.8. The predicted molar refractivity (Wildman–Crippen MR) is 135 cm³/mol. The number of amidine groups is 1. The number of hydrogen-bond acceptors (Lipinski definition) is 5. The molecule has 8 heteroatoms. The second-order valence-electron chi connectivity index (χ2n) is 8.60. The molecule has 0 atom stereocenters. The van der Waals surface area contributed by atoms with Crippen LogP contribution in [0.3, 0.4) is 0 Å². The number of sulfonamides is 1. The fourth-order valence-corrected chi connectivity index (χ4v) is 6.38. The third-order valence-electron chi connectivity index (χ3n) is 6.05. The monoisotopic (exact) mass is 481 g/mol. The van der Waals surface area contributed by atoms with Gasteiger partial charge in [0.1, 0.15) is 0 Å². The summed E-state index contributed by atoms with van der Waals surface area (Å²) in [4.78, 5) is 17.1. The van der Waals surface area contributed by atoms with Crippen molar-refractivity contribution in [2.45, 2.75) is 38.0 Å². The molecule has 2 heterocycles. The first-order valence-electron chi connectivity index (χ1n) is 10.7. The minimum absolute atomic E-state index is 0.108. The highest BCUT2D eigenvalue weighted by Crippen LogP contribution is 2.46. The normalized spacial score (nSPS) is 21.5. The molecule has 6 nitrogen and oxygen atoms in total. The molecule has 0 radical (unpaired) electrons. The summed E-state index contributed by atoms with van der Waals surface area (Å²) in [7, 11) is -1.91. The average Bonchev–Trinajstić information content (AvgIpc) is 3.16. The largest absolute Gasteiger partial charge is 0.347 e. The zero-order chi connectivity index (χ0) is 24.0. The van der Waals surface area contributed by atoms with Gasteiger partial charge in [0.2, 0.25) is 0 Å². The van der Waals surface area contributed by atoms with Crippen LogP contribution in [0.2, 0.25) is 0 Å². The molecule has 0 unspecified atom stereocenters. The smallest absolute Gasteiger partial charge is 0.284 e. The molecule has 0 bridgehead atoms. The number of likely N-dealkylation sites (N-methyl/N-ethyl adjacent to an activating group) is 2. The molecule has 0 spiro atoms. The van der Waals surface area contributed by atoms with Gasteiger partial charge < -0.3 is 4.90 Å². The molecule has 172 valence electrons. The van der Waals surface area contributed by atoms with Gasteiger partial charge in [-0.1, -0.05) is 49.7 Å². The van der Waals surface area contributed by atoms with E-state index in [1.807, 2.05) is 32.2 Å². The molecule has 2 aromatic carbocycles. The van der Waals surface area contributed by atoms with Gasteiger partial charge in [0, 0.05) is 30.4 Å². The second kappa shape index (κ2) is 8.50. The molecule has 2 aliphatic heterocycles. The van der Waals surface area contributed by atoms with Gasteiger partial charge in [-0.2, -0.15) is 8.42 Å². The van der Waals surface area contributed by atoms with E-state index < -0.39 is 10.0 Å². The maximum atomic E-state index is 13.0.